The van der Waals surface area contributed by atoms with Crippen LogP contribution in [0.2, 0.25) is 0 Å². The average Bonchev–Trinajstić information content (AvgIpc) is 3.10. The van der Waals surface area contributed by atoms with Crippen molar-refractivity contribution in [2.24, 2.45) is 0 Å². The van der Waals surface area contributed by atoms with Crippen molar-refractivity contribution in [1.82, 2.24) is 25.5 Å². The molecule has 0 spiro atoms. The van der Waals surface area contributed by atoms with Gasteiger partial charge in [0.05, 0.1) is 25.0 Å². The second-order valence-electron chi connectivity index (χ2n) is 4.17. The molecular formula is C13H12FN5O. The van der Waals surface area contributed by atoms with Crippen LogP contribution in [-0.4, -0.2) is 20.2 Å². The maximum Gasteiger partial charge on any atom is 0.170 e. The fraction of sp³-hybridized carbons (Fsp3) is 0.154. The zero-order valence-corrected chi connectivity index (χ0v) is 10.5. The molecule has 1 N–H and O–H groups in total. The van der Waals surface area contributed by atoms with E-state index in [4.69, 9.17) is 4.42 Å². The zero-order chi connectivity index (χ0) is 13.8. The molecule has 0 aliphatic heterocycles. The number of benzene rings is 1. The number of hydrogen-bond donors (Lipinski definition) is 1. The highest BCUT2D eigenvalue weighted by molar-refractivity contribution is 5.31. The molecule has 0 amide bonds. The first-order chi connectivity index (χ1) is 9.83. The lowest BCUT2D eigenvalue weighted by Crippen LogP contribution is -2.16. The monoisotopic (exact) mass is 273 g/mol. The smallest absolute Gasteiger partial charge is 0.170 e. The highest BCUT2D eigenvalue weighted by Gasteiger charge is 2.08. The lowest BCUT2D eigenvalue weighted by Gasteiger charge is -2.05. The third-order valence-corrected chi connectivity index (χ3v) is 2.75. The van der Waals surface area contributed by atoms with Gasteiger partial charge in [0.2, 0.25) is 0 Å². The van der Waals surface area contributed by atoms with Crippen LogP contribution in [0.3, 0.4) is 0 Å². The van der Waals surface area contributed by atoms with Crippen molar-refractivity contribution in [3.63, 3.8) is 0 Å². The third kappa shape index (κ3) is 2.72. The van der Waals surface area contributed by atoms with E-state index < -0.39 is 0 Å². The average molecular weight is 273 g/mol. The molecule has 20 heavy (non-hydrogen) atoms. The van der Waals surface area contributed by atoms with E-state index >= 15 is 0 Å². The van der Waals surface area contributed by atoms with E-state index in [1.54, 1.807) is 18.4 Å². The molecule has 7 heteroatoms. The van der Waals surface area contributed by atoms with Gasteiger partial charge in [0, 0.05) is 0 Å². The van der Waals surface area contributed by atoms with Crippen LogP contribution in [0.4, 0.5) is 4.39 Å². The molecule has 0 aliphatic rings. The van der Waals surface area contributed by atoms with Crippen LogP contribution >= 0.6 is 0 Å². The van der Waals surface area contributed by atoms with Gasteiger partial charge in [0.15, 0.2) is 5.82 Å². The highest BCUT2D eigenvalue weighted by Crippen LogP contribution is 2.09. The van der Waals surface area contributed by atoms with E-state index in [1.807, 2.05) is 12.1 Å². The first-order valence-electron chi connectivity index (χ1n) is 6.09. The first kappa shape index (κ1) is 12.5. The summed E-state index contributed by atoms with van der Waals surface area (Å²) in [5.41, 5.74) is 0.588. The van der Waals surface area contributed by atoms with Crippen LogP contribution < -0.4 is 5.32 Å². The summed E-state index contributed by atoms with van der Waals surface area (Å²) in [5, 5.41) is 14.6. The fourth-order valence-corrected chi connectivity index (χ4v) is 1.84. The molecule has 2 heterocycles. The van der Waals surface area contributed by atoms with Crippen molar-refractivity contribution in [3.05, 3.63) is 60.1 Å². The van der Waals surface area contributed by atoms with Crippen LogP contribution in [-0.2, 0) is 13.1 Å². The molecule has 0 atom stereocenters. The number of nitrogens with zero attached hydrogens (tertiary/aromatic N) is 4. The Labute approximate surface area is 114 Å². The quantitative estimate of drug-likeness (QED) is 0.766. The minimum Gasteiger partial charge on any atom is -0.468 e. The summed E-state index contributed by atoms with van der Waals surface area (Å²) >= 11 is 0. The fourth-order valence-electron chi connectivity index (χ4n) is 1.84. The Morgan fingerprint density at radius 3 is 2.95 bits per heavy atom. The van der Waals surface area contributed by atoms with Gasteiger partial charge in [-0.1, -0.05) is 6.07 Å². The Kier molecular flexibility index (Phi) is 3.51. The van der Waals surface area contributed by atoms with Crippen molar-refractivity contribution in [1.29, 1.82) is 0 Å². The summed E-state index contributed by atoms with van der Waals surface area (Å²) in [6.07, 6.45) is 1.62. The summed E-state index contributed by atoms with van der Waals surface area (Å²) in [6.45, 7) is 1.02. The molecule has 102 valence electrons. The lowest BCUT2D eigenvalue weighted by molar-refractivity contribution is 0.479. The minimum atomic E-state index is -0.326. The van der Waals surface area contributed by atoms with Crippen molar-refractivity contribution >= 4 is 0 Å². The molecule has 0 aliphatic carbocycles. The summed E-state index contributed by atoms with van der Waals surface area (Å²) in [7, 11) is 0. The van der Waals surface area contributed by atoms with Crippen molar-refractivity contribution in [2.45, 2.75) is 13.1 Å². The van der Waals surface area contributed by atoms with Gasteiger partial charge in [0.1, 0.15) is 11.6 Å². The molecule has 0 radical (unpaired) electrons. The predicted molar refractivity (Wildman–Crippen MR) is 68.4 cm³/mol. The van der Waals surface area contributed by atoms with Crippen molar-refractivity contribution in [2.75, 3.05) is 0 Å². The van der Waals surface area contributed by atoms with Gasteiger partial charge in [-0.15, -0.1) is 5.10 Å². The van der Waals surface area contributed by atoms with Gasteiger partial charge in [-0.2, -0.15) is 4.68 Å². The van der Waals surface area contributed by atoms with Crippen LogP contribution in [0.25, 0.3) is 5.69 Å². The predicted octanol–water partition coefficient (Wildman–Crippen LogP) is 1.68. The SMILES string of the molecule is Fc1cccc(-n2nnnc2CNCc2ccco2)c1. The van der Waals surface area contributed by atoms with Gasteiger partial charge >= 0.3 is 0 Å². The third-order valence-electron chi connectivity index (χ3n) is 2.75. The number of halogens is 1. The molecule has 0 saturated carbocycles. The lowest BCUT2D eigenvalue weighted by atomic mass is 10.3. The second-order valence-corrected chi connectivity index (χ2v) is 4.17. The number of nitrogens with one attached hydrogen (secondary N) is 1. The standard InChI is InChI=1S/C13H12FN5O/c14-10-3-1-4-11(7-10)19-13(16-17-18-19)9-15-8-12-5-2-6-20-12/h1-7,15H,8-9H2. The molecule has 3 aromatic rings. The van der Waals surface area contributed by atoms with Gasteiger partial charge in [-0.3, -0.25) is 0 Å². The van der Waals surface area contributed by atoms with Gasteiger partial charge in [-0.25, -0.2) is 4.39 Å². The Bertz CT molecular complexity index is 680. The Morgan fingerprint density at radius 1 is 1.20 bits per heavy atom. The highest BCUT2D eigenvalue weighted by atomic mass is 19.1. The number of aromatic nitrogens is 4. The Balaban J connectivity index is 1.70. The summed E-state index contributed by atoms with van der Waals surface area (Å²) < 4.78 is 19.9. The molecule has 0 bridgehead atoms. The van der Waals surface area contributed by atoms with Crippen LogP contribution in [0, 0.1) is 5.82 Å². The zero-order valence-electron chi connectivity index (χ0n) is 10.5. The number of furan rings is 1. The summed E-state index contributed by atoms with van der Waals surface area (Å²) in [5.74, 6) is 1.10. The second kappa shape index (κ2) is 5.62. The maximum absolute atomic E-state index is 13.2. The number of tetrazole rings is 1. The molecule has 0 fully saturated rings. The first-order valence-corrected chi connectivity index (χ1v) is 6.09. The van der Waals surface area contributed by atoms with Gasteiger partial charge in [-0.05, 0) is 40.8 Å². The Hall–Kier alpha value is -2.54. The van der Waals surface area contributed by atoms with E-state index in [-0.39, 0.29) is 5.82 Å². The number of rotatable bonds is 5. The van der Waals surface area contributed by atoms with E-state index in [0.717, 1.165) is 5.76 Å². The Morgan fingerprint density at radius 2 is 2.15 bits per heavy atom. The molecule has 1 aromatic carbocycles. The normalized spacial score (nSPS) is 10.8. The van der Waals surface area contributed by atoms with Crippen molar-refractivity contribution in [3.8, 4) is 5.69 Å². The maximum atomic E-state index is 13.2. The van der Waals surface area contributed by atoms with Crippen LogP contribution in [0.15, 0.2) is 47.1 Å². The van der Waals surface area contributed by atoms with Crippen LogP contribution in [0.5, 0.6) is 0 Å². The molecule has 2 aromatic heterocycles. The summed E-state index contributed by atoms with van der Waals surface area (Å²) in [6, 6.07) is 9.83. The molecule has 0 unspecified atom stereocenters. The van der Waals surface area contributed by atoms with Crippen molar-refractivity contribution < 1.29 is 8.81 Å². The van der Waals surface area contributed by atoms with E-state index in [0.29, 0.717) is 24.6 Å². The molecule has 6 nitrogen and oxygen atoms in total. The summed E-state index contributed by atoms with van der Waals surface area (Å²) in [4.78, 5) is 0. The molecule has 3 rings (SSSR count). The molecule has 0 saturated heterocycles. The molecular weight excluding hydrogens is 261 g/mol. The van der Waals surface area contributed by atoms with Crippen LogP contribution in [0.1, 0.15) is 11.6 Å². The topological polar surface area (TPSA) is 68.8 Å². The van der Waals surface area contributed by atoms with E-state index in [9.17, 15) is 4.39 Å². The van der Waals surface area contributed by atoms with Gasteiger partial charge < -0.3 is 9.73 Å². The van der Waals surface area contributed by atoms with E-state index in [1.165, 1.54) is 16.8 Å². The minimum absolute atomic E-state index is 0.326. The number of hydrogen-bond acceptors (Lipinski definition) is 5. The van der Waals surface area contributed by atoms with Gasteiger partial charge in [0.25, 0.3) is 0 Å². The van der Waals surface area contributed by atoms with E-state index in [2.05, 4.69) is 20.8 Å². The largest absolute Gasteiger partial charge is 0.468 e.